The third kappa shape index (κ3) is 15.1. The Labute approximate surface area is 533 Å². The van der Waals surface area contributed by atoms with Crippen LogP contribution < -0.4 is 5.73 Å². The van der Waals surface area contributed by atoms with Crippen LogP contribution in [0, 0.1) is 11.8 Å². The summed E-state index contributed by atoms with van der Waals surface area (Å²) in [6, 6.07) is 42.8. The molecule has 6 aromatic carbocycles. The summed E-state index contributed by atoms with van der Waals surface area (Å²) in [5.74, 6) is -0.311. The van der Waals surface area contributed by atoms with Crippen molar-refractivity contribution >= 4 is 35.6 Å². The normalized spacial score (nSPS) is 11.8. The van der Waals surface area contributed by atoms with Crippen molar-refractivity contribution in [1.82, 2.24) is 81.5 Å². The van der Waals surface area contributed by atoms with E-state index in [1.54, 1.807) is 139 Å². The minimum Gasteiger partial charge on any atom is -0.478 e. The second kappa shape index (κ2) is 29.7. The average molecular weight is 1250 g/mol. The van der Waals surface area contributed by atoms with Gasteiger partial charge in [0.1, 0.15) is 0 Å². The van der Waals surface area contributed by atoms with Gasteiger partial charge in [0, 0.05) is 84.7 Å². The number of carboxylic acid groups (broad SMARTS) is 2. The summed E-state index contributed by atoms with van der Waals surface area (Å²) >= 11 is 0. The van der Waals surface area contributed by atoms with Gasteiger partial charge in [-0.1, -0.05) is 116 Å². The zero-order valence-corrected chi connectivity index (χ0v) is 53.9. The predicted molar refractivity (Wildman–Crippen MR) is 344 cm³/mol. The predicted octanol–water partition coefficient (Wildman–Crippen LogP) is 7.64. The maximum absolute atomic E-state index is 12.4. The van der Waals surface area contributed by atoms with Gasteiger partial charge < -0.3 is 35.5 Å². The van der Waals surface area contributed by atoms with Gasteiger partial charge in [0.25, 0.3) is 23.6 Å². The smallest absolute Gasteiger partial charge is 0.335 e. The molecule has 0 aliphatic carbocycles. The van der Waals surface area contributed by atoms with Crippen LogP contribution in [0.5, 0.6) is 0 Å². The summed E-state index contributed by atoms with van der Waals surface area (Å²) in [4.78, 5) is 78.2. The monoisotopic (exact) mass is 1250 g/mol. The molecule has 480 valence electrons. The molecule has 1 atom stereocenters. The molecular formula is C67H79N17O8. The van der Waals surface area contributed by atoms with Gasteiger partial charge in [-0.2, -0.15) is 15.6 Å². The van der Waals surface area contributed by atoms with Gasteiger partial charge in [0.2, 0.25) is 0 Å². The largest absolute Gasteiger partial charge is 0.478 e. The molecule has 4 amide bonds. The van der Waals surface area contributed by atoms with Gasteiger partial charge in [-0.25, -0.2) is 9.59 Å². The van der Waals surface area contributed by atoms with Crippen molar-refractivity contribution in [3.05, 3.63) is 230 Å². The molecule has 25 nitrogen and oxygen atoms in total. The molecule has 9 rings (SSSR count). The highest BCUT2D eigenvalue weighted by Crippen LogP contribution is 2.45. The number of carboxylic acids is 2. The van der Waals surface area contributed by atoms with Crippen LogP contribution >= 0.6 is 0 Å². The van der Waals surface area contributed by atoms with E-state index in [9.17, 15) is 39.0 Å². The van der Waals surface area contributed by atoms with Crippen molar-refractivity contribution in [2.45, 2.75) is 76.2 Å². The van der Waals surface area contributed by atoms with Crippen LogP contribution in [0.3, 0.4) is 0 Å². The van der Waals surface area contributed by atoms with E-state index in [1.807, 2.05) is 79.7 Å². The molecular weight excluding hydrogens is 1170 g/mol. The molecule has 7 N–H and O–H groups in total. The first-order valence-corrected chi connectivity index (χ1v) is 29.6. The molecule has 25 heteroatoms. The first-order chi connectivity index (χ1) is 43.7. The van der Waals surface area contributed by atoms with Crippen molar-refractivity contribution in [3.8, 4) is 0 Å². The van der Waals surface area contributed by atoms with Gasteiger partial charge in [0.15, 0.2) is 17.5 Å². The first-order valence-electron chi connectivity index (χ1n) is 29.6. The number of nitrogens with one attached hydrogen (secondary N) is 3. The lowest BCUT2D eigenvalue weighted by molar-refractivity contribution is 0.0686. The van der Waals surface area contributed by atoms with Crippen LogP contribution in [0.15, 0.2) is 146 Å². The highest BCUT2D eigenvalue weighted by molar-refractivity contribution is 5.96. The van der Waals surface area contributed by atoms with Gasteiger partial charge in [-0.05, 0) is 144 Å². The number of nitrogens with zero attached hydrogens (tertiary/aromatic N) is 13. The third-order valence-electron chi connectivity index (χ3n) is 15.6. The third-order valence-corrected chi connectivity index (χ3v) is 15.6. The van der Waals surface area contributed by atoms with E-state index >= 15 is 0 Å². The molecule has 0 aliphatic heterocycles. The Kier molecular flexibility index (Phi) is 22.2. The molecule has 0 bridgehead atoms. The zero-order chi connectivity index (χ0) is 67.2. The maximum atomic E-state index is 12.4. The van der Waals surface area contributed by atoms with E-state index in [-0.39, 0.29) is 46.7 Å². The highest BCUT2D eigenvalue weighted by atomic mass is 16.4. The van der Waals surface area contributed by atoms with Gasteiger partial charge >= 0.3 is 11.9 Å². The van der Waals surface area contributed by atoms with Crippen LogP contribution in [0.1, 0.15) is 167 Å². The number of amides is 4. The van der Waals surface area contributed by atoms with Crippen LogP contribution in [0.4, 0.5) is 0 Å². The lowest BCUT2D eigenvalue weighted by atomic mass is 9.68. The Hall–Kier alpha value is -10.7. The Morgan fingerprint density at radius 2 is 0.554 bits per heavy atom. The molecule has 0 aliphatic rings. The quantitative estimate of drug-likeness (QED) is 0.0402. The average Bonchev–Trinajstić information content (AvgIpc) is 1.20. The minimum atomic E-state index is -1.01. The fourth-order valence-electron chi connectivity index (χ4n) is 11.4. The number of carbonyl (C=O) groups excluding carboxylic acids is 4. The van der Waals surface area contributed by atoms with Crippen molar-refractivity contribution in [2.75, 3.05) is 56.4 Å². The fourth-order valence-corrected chi connectivity index (χ4v) is 11.4. The molecule has 0 radical (unpaired) electrons. The van der Waals surface area contributed by atoms with Gasteiger partial charge in [-0.3, -0.25) is 19.2 Å². The topological polar surface area (TPSA) is 345 Å². The summed E-state index contributed by atoms with van der Waals surface area (Å²) in [7, 11) is 13.8. The summed E-state index contributed by atoms with van der Waals surface area (Å²) in [6.45, 7) is 10.3. The molecule has 0 fully saturated rings. The lowest BCUT2D eigenvalue weighted by Gasteiger charge is -2.34. The number of aromatic amines is 3. The van der Waals surface area contributed by atoms with Gasteiger partial charge in [-0.15, -0.1) is 30.6 Å². The number of hydrogen-bond acceptors (Lipinski definition) is 16. The summed E-state index contributed by atoms with van der Waals surface area (Å²) in [5, 5.41) is 63.2. The highest BCUT2D eigenvalue weighted by Gasteiger charge is 2.44. The lowest BCUT2D eigenvalue weighted by Crippen LogP contribution is -2.37. The SMILES string of the molecule is CC(C)CC(c1ccc(C(=O)N(C)C)cc1)(c1ccc(C(=O)N(C)C)cc1)c1nn[nH]n1.CC(C)CC(c1ccc(C(=O)O)cc1)(c1ccc(C(=O)O)cc1)c1nn[nH]n1.C[C@H](N)CC(c1ccc(C(=O)N(C)C)cc1)(c1ccc(C(=O)N(C)C)cc1)c1nn[nH]n1. The Morgan fingerprint density at radius 1 is 0.359 bits per heavy atom. The number of H-pyrrole nitrogens is 3. The van der Waals surface area contributed by atoms with E-state index in [2.05, 4.69) is 89.6 Å². The Bertz CT molecular complexity index is 3530. The number of nitrogens with two attached hydrogens (primary N) is 1. The van der Waals surface area contributed by atoms with Crippen LogP contribution in [-0.2, 0) is 16.2 Å². The van der Waals surface area contributed by atoms with Crippen molar-refractivity contribution < 1.29 is 39.0 Å². The standard InChI is InChI=1S/C24H30N6O2.C23H29N7O2.C20H20N4O4/c1-16(2)15-24(23-25-27-28-26-23,19-11-7-17(8-12-19)21(31)29(3)4)20-13-9-18(10-14-20)22(32)30(5)6;1-15(24)14-23(22-25-27-28-26-22,18-10-6-16(7-11-18)20(31)29(2)3)19-12-8-17(9-13-19)21(32)30(4)5;1-12(2)11-20(19-21-23-24-22-19,15-7-3-13(4-8-15)17(25)26)16-9-5-14(6-10-16)18(27)28/h7-14,16H,15H2,1-6H3,(H,25,26,27,28);6-13,15H,14,24H2,1-5H3,(H,25,26,27,28);3-10,12H,11H2,1-2H3,(H,25,26)(H,27,28)(H,21,22,23,24)/t;15-;/m.0./s1. The molecule has 0 saturated heterocycles. The number of tetrazole rings is 3. The van der Waals surface area contributed by atoms with E-state index in [4.69, 9.17) is 5.73 Å². The molecule has 0 spiro atoms. The minimum absolute atomic E-state index is 0.0582. The molecule has 3 aromatic heterocycles. The van der Waals surface area contributed by atoms with E-state index in [0.717, 1.165) is 33.4 Å². The maximum Gasteiger partial charge on any atom is 0.335 e. The number of hydrogen-bond donors (Lipinski definition) is 6. The summed E-state index contributed by atoms with van der Waals surface area (Å²) < 4.78 is 0. The molecule has 92 heavy (non-hydrogen) atoms. The second-order valence-corrected chi connectivity index (χ2v) is 24.2. The fraction of sp³-hybridized carbons (Fsp3) is 0.328. The van der Waals surface area contributed by atoms with Crippen molar-refractivity contribution in [2.24, 2.45) is 17.6 Å². The molecule has 9 aromatic rings. The number of aromatic carboxylic acids is 2. The van der Waals surface area contributed by atoms with E-state index < -0.39 is 28.2 Å². The molecule has 0 unspecified atom stereocenters. The van der Waals surface area contributed by atoms with E-state index in [0.29, 0.717) is 64.9 Å². The number of aromatic nitrogens is 12. The molecule has 3 heterocycles. The summed E-state index contributed by atoms with van der Waals surface area (Å²) in [5.41, 5.74) is 11.9. The van der Waals surface area contributed by atoms with Crippen LogP contribution in [-0.4, -0.2) is 190 Å². The van der Waals surface area contributed by atoms with Crippen LogP contribution in [0.2, 0.25) is 0 Å². The summed E-state index contributed by atoms with van der Waals surface area (Å²) in [6.07, 6.45) is 1.83. The number of rotatable bonds is 21. The Balaban J connectivity index is 0.000000196. The van der Waals surface area contributed by atoms with Crippen molar-refractivity contribution in [1.29, 1.82) is 0 Å². The van der Waals surface area contributed by atoms with E-state index in [1.165, 1.54) is 9.80 Å². The van der Waals surface area contributed by atoms with Crippen LogP contribution in [0.25, 0.3) is 0 Å². The molecule has 0 saturated carbocycles. The number of carbonyl (C=O) groups is 6. The second-order valence-electron chi connectivity index (χ2n) is 24.2. The Morgan fingerprint density at radius 3 is 0.707 bits per heavy atom. The van der Waals surface area contributed by atoms with Crippen molar-refractivity contribution in [3.63, 3.8) is 0 Å². The number of benzene rings is 6. The first kappa shape index (κ1) is 68.8. The zero-order valence-electron chi connectivity index (χ0n) is 53.9. The van der Waals surface area contributed by atoms with Gasteiger partial charge in [0.05, 0.1) is 27.4 Å².